The molecular weight excluding hydrogens is 268 g/mol. The Bertz CT molecular complexity index is 566. The van der Waals surface area contributed by atoms with Crippen LogP contribution < -0.4 is 5.32 Å². The van der Waals surface area contributed by atoms with Crippen molar-refractivity contribution in [2.24, 2.45) is 0 Å². The normalized spacial score (nSPS) is 10.4. The Labute approximate surface area is 102 Å². The smallest absolute Gasteiger partial charge is 0.221 e. The second-order valence-corrected chi connectivity index (χ2v) is 4.48. The van der Waals surface area contributed by atoms with Gasteiger partial charge in [-0.25, -0.2) is 0 Å². The molecule has 0 atom stereocenters. The Morgan fingerprint density at radius 1 is 1.31 bits per heavy atom. The predicted molar refractivity (Wildman–Crippen MR) is 68.5 cm³/mol. The first-order valence-electron chi connectivity index (χ1n) is 4.91. The lowest BCUT2D eigenvalue weighted by Gasteiger charge is -2.08. The first-order valence-corrected chi connectivity index (χ1v) is 5.70. The van der Waals surface area contributed by atoms with E-state index >= 15 is 0 Å². The number of rotatable bonds is 1. The molecule has 1 aromatic heterocycles. The van der Waals surface area contributed by atoms with Crippen LogP contribution in [0, 0.1) is 6.92 Å². The molecular formula is C12H11BrN2O. The predicted octanol–water partition coefficient (Wildman–Crippen LogP) is 3.26. The lowest BCUT2D eigenvalue weighted by atomic mass is 10.1. The highest BCUT2D eigenvalue weighted by molar-refractivity contribution is 9.10. The van der Waals surface area contributed by atoms with Crippen LogP contribution in [0.3, 0.4) is 0 Å². The fourth-order valence-electron chi connectivity index (χ4n) is 1.57. The molecule has 0 aliphatic rings. The number of nitrogens with one attached hydrogen (secondary N) is 1. The van der Waals surface area contributed by atoms with E-state index in [1.54, 1.807) is 0 Å². The van der Waals surface area contributed by atoms with E-state index < -0.39 is 0 Å². The van der Waals surface area contributed by atoms with E-state index in [0.29, 0.717) is 0 Å². The van der Waals surface area contributed by atoms with Crippen LogP contribution in [0.2, 0.25) is 0 Å². The Balaban J connectivity index is 2.70. The zero-order chi connectivity index (χ0) is 11.7. The summed E-state index contributed by atoms with van der Waals surface area (Å²) < 4.78 is 0.976. The summed E-state index contributed by atoms with van der Waals surface area (Å²) >= 11 is 3.47. The molecule has 1 heterocycles. The van der Waals surface area contributed by atoms with Crippen molar-refractivity contribution in [3.63, 3.8) is 0 Å². The fourth-order valence-corrected chi connectivity index (χ4v) is 2.02. The molecule has 0 radical (unpaired) electrons. The monoisotopic (exact) mass is 278 g/mol. The minimum Gasteiger partial charge on any atom is -0.324 e. The van der Waals surface area contributed by atoms with Crippen LogP contribution >= 0.6 is 15.9 Å². The Kier molecular flexibility index (Phi) is 2.92. The topological polar surface area (TPSA) is 42.0 Å². The first kappa shape index (κ1) is 11.1. The number of aromatic nitrogens is 1. The summed E-state index contributed by atoms with van der Waals surface area (Å²) in [6.45, 7) is 3.42. The van der Waals surface area contributed by atoms with Gasteiger partial charge < -0.3 is 5.32 Å². The zero-order valence-electron chi connectivity index (χ0n) is 9.04. The number of aryl methyl sites for hydroxylation is 1. The Hall–Kier alpha value is -1.42. The van der Waals surface area contributed by atoms with Crippen LogP contribution in [-0.2, 0) is 4.79 Å². The summed E-state index contributed by atoms with van der Waals surface area (Å²) in [5.41, 5.74) is 2.48. The number of carbonyl (C=O) groups is 1. The van der Waals surface area contributed by atoms with E-state index in [9.17, 15) is 4.79 Å². The molecule has 0 saturated carbocycles. The number of benzene rings is 1. The van der Waals surface area contributed by atoms with Crippen molar-refractivity contribution in [2.75, 3.05) is 5.32 Å². The minimum atomic E-state index is -0.0908. The summed E-state index contributed by atoms with van der Waals surface area (Å²) in [6, 6.07) is 7.70. The van der Waals surface area contributed by atoms with Gasteiger partial charge in [-0.3, -0.25) is 9.78 Å². The van der Waals surface area contributed by atoms with E-state index in [1.807, 2.05) is 31.2 Å². The third-order valence-corrected chi connectivity index (χ3v) is 2.95. The van der Waals surface area contributed by atoms with Crippen molar-refractivity contribution < 1.29 is 4.79 Å². The van der Waals surface area contributed by atoms with E-state index in [-0.39, 0.29) is 5.91 Å². The molecule has 0 unspecified atom stereocenters. The second kappa shape index (κ2) is 4.22. The summed E-state index contributed by atoms with van der Waals surface area (Å²) in [5, 5.41) is 3.78. The van der Waals surface area contributed by atoms with Crippen LogP contribution in [0.25, 0.3) is 10.9 Å². The van der Waals surface area contributed by atoms with Crippen molar-refractivity contribution in [1.82, 2.24) is 4.98 Å². The fraction of sp³-hybridized carbons (Fsp3) is 0.167. The maximum atomic E-state index is 11.1. The molecule has 16 heavy (non-hydrogen) atoms. The first-order chi connectivity index (χ1) is 7.58. The summed E-state index contributed by atoms with van der Waals surface area (Å²) in [5.74, 6) is -0.0908. The molecule has 0 spiro atoms. The Morgan fingerprint density at radius 3 is 2.75 bits per heavy atom. The third kappa shape index (κ3) is 2.07. The third-order valence-electron chi connectivity index (χ3n) is 2.25. The van der Waals surface area contributed by atoms with Gasteiger partial charge in [-0.1, -0.05) is 15.9 Å². The molecule has 1 amide bonds. The van der Waals surface area contributed by atoms with Gasteiger partial charge in [0.05, 0.1) is 11.2 Å². The zero-order valence-corrected chi connectivity index (χ0v) is 10.6. The Morgan fingerprint density at radius 2 is 2.06 bits per heavy atom. The van der Waals surface area contributed by atoms with Crippen molar-refractivity contribution in [1.29, 1.82) is 0 Å². The quantitative estimate of drug-likeness (QED) is 0.870. The lowest BCUT2D eigenvalue weighted by Crippen LogP contribution is -2.06. The van der Waals surface area contributed by atoms with Gasteiger partial charge in [0.25, 0.3) is 0 Å². The highest BCUT2D eigenvalue weighted by Gasteiger charge is 2.07. The van der Waals surface area contributed by atoms with Gasteiger partial charge in [0.2, 0.25) is 5.91 Å². The summed E-state index contributed by atoms with van der Waals surface area (Å²) in [6.07, 6.45) is 0. The molecule has 3 nitrogen and oxygen atoms in total. The van der Waals surface area contributed by atoms with Crippen LogP contribution in [0.1, 0.15) is 12.6 Å². The SMILES string of the molecule is CC(=O)Nc1ccc(Br)c2ccc(C)nc12. The molecule has 0 aliphatic heterocycles. The molecule has 1 aromatic carbocycles. The molecule has 82 valence electrons. The van der Waals surface area contributed by atoms with Gasteiger partial charge in [-0.15, -0.1) is 0 Å². The molecule has 2 rings (SSSR count). The van der Waals surface area contributed by atoms with E-state index in [0.717, 1.165) is 26.8 Å². The van der Waals surface area contributed by atoms with Crippen molar-refractivity contribution in [3.05, 3.63) is 34.4 Å². The molecule has 2 aromatic rings. The number of nitrogens with zero attached hydrogens (tertiary/aromatic N) is 1. The molecule has 4 heteroatoms. The molecule has 0 saturated heterocycles. The van der Waals surface area contributed by atoms with Crippen molar-refractivity contribution >= 4 is 38.4 Å². The maximum absolute atomic E-state index is 11.1. The van der Waals surface area contributed by atoms with E-state index in [1.165, 1.54) is 6.92 Å². The molecule has 0 bridgehead atoms. The standard InChI is InChI=1S/C12H11BrN2O/c1-7-3-4-9-10(13)5-6-11(12(9)14-7)15-8(2)16/h3-6H,1-2H3,(H,15,16). The number of carbonyl (C=O) groups excluding carboxylic acids is 1. The molecule has 0 aliphatic carbocycles. The maximum Gasteiger partial charge on any atom is 0.221 e. The average molecular weight is 279 g/mol. The summed E-state index contributed by atoms with van der Waals surface area (Å²) in [7, 11) is 0. The van der Waals surface area contributed by atoms with Gasteiger partial charge >= 0.3 is 0 Å². The van der Waals surface area contributed by atoms with Crippen LogP contribution in [0.4, 0.5) is 5.69 Å². The summed E-state index contributed by atoms with van der Waals surface area (Å²) in [4.78, 5) is 15.5. The minimum absolute atomic E-state index is 0.0908. The van der Waals surface area contributed by atoms with E-state index in [4.69, 9.17) is 0 Å². The number of halogens is 1. The number of amides is 1. The van der Waals surface area contributed by atoms with Gasteiger partial charge in [-0.05, 0) is 31.2 Å². The molecule has 0 fully saturated rings. The number of pyridine rings is 1. The molecule has 1 N–H and O–H groups in total. The van der Waals surface area contributed by atoms with Gasteiger partial charge in [0.1, 0.15) is 0 Å². The van der Waals surface area contributed by atoms with Gasteiger partial charge in [-0.2, -0.15) is 0 Å². The highest BCUT2D eigenvalue weighted by Crippen LogP contribution is 2.28. The van der Waals surface area contributed by atoms with Crippen LogP contribution in [-0.4, -0.2) is 10.9 Å². The highest BCUT2D eigenvalue weighted by atomic mass is 79.9. The van der Waals surface area contributed by atoms with E-state index in [2.05, 4.69) is 26.2 Å². The average Bonchev–Trinajstić information content (AvgIpc) is 2.22. The number of anilines is 1. The number of hydrogen-bond acceptors (Lipinski definition) is 2. The number of hydrogen-bond donors (Lipinski definition) is 1. The van der Waals surface area contributed by atoms with Gasteiger partial charge in [0.15, 0.2) is 0 Å². The lowest BCUT2D eigenvalue weighted by molar-refractivity contribution is -0.114. The van der Waals surface area contributed by atoms with Crippen molar-refractivity contribution in [3.8, 4) is 0 Å². The van der Waals surface area contributed by atoms with Crippen LogP contribution in [0.5, 0.6) is 0 Å². The van der Waals surface area contributed by atoms with Gasteiger partial charge in [0, 0.05) is 22.5 Å². The van der Waals surface area contributed by atoms with Crippen LogP contribution in [0.15, 0.2) is 28.7 Å². The van der Waals surface area contributed by atoms with Crippen molar-refractivity contribution in [2.45, 2.75) is 13.8 Å². The number of fused-ring (bicyclic) bond motifs is 1. The second-order valence-electron chi connectivity index (χ2n) is 3.62. The largest absolute Gasteiger partial charge is 0.324 e.